The van der Waals surface area contributed by atoms with Gasteiger partial charge in [0.25, 0.3) is 0 Å². The number of rotatable bonds is 2. The number of hydrogen-bond acceptors (Lipinski definition) is 1. The quantitative estimate of drug-likeness (QED) is 0.697. The van der Waals surface area contributed by atoms with E-state index < -0.39 is 0 Å². The second-order valence-electron chi connectivity index (χ2n) is 0.750. The molecule has 0 radical (unpaired) electrons. The first kappa shape index (κ1) is 9.82. The van der Waals surface area contributed by atoms with E-state index in [9.17, 15) is 0 Å². The standard InChI is InChI=1S/C4H9N.W/c1-3-5-4-2;/h5H,1-4H2;/q-2;+2. The Morgan fingerprint density at radius 2 is 1.50 bits per heavy atom. The molecule has 0 aromatic rings. The van der Waals surface area contributed by atoms with E-state index in [0.717, 1.165) is 13.1 Å². The Morgan fingerprint density at radius 3 is 1.50 bits per heavy atom. The van der Waals surface area contributed by atoms with Crippen molar-refractivity contribution < 1.29 is 21.1 Å². The van der Waals surface area contributed by atoms with Gasteiger partial charge in [-0.15, -0.1) is 13.1 Å². The summed E-state index contributed by atoms with van der Waals surface area (Å²) in [6.45, 7) is 8.61. The molecule has 0 aromatic heterocycles. The summed E-state index contributed by atoms with van der Waals surface area (Å²) in [7, 11) is 0. The molecule has 0 rings (SSSR count). The first-order valence-electron chi connectivity index (χ1n) is 1.71. The second-order valence-corrected chi connectivity index (χ2v) is 0.750. The fourth-order valence-corrected chi connectivity index (χ4v) is 0.125. The maximum Gasteiger partial charge on any atom is 2.00 e. The molecule has 1 N–H and O–H groups in total. The fourth-order valence-electron chi connectivity index (χ4n) is 0.125. The van der Waals surface area contributed by atoms with E-state index in [-0.39, 0.29) is 21.1 Å². The van der Waals surface area contributed by atoms with Crippen molar-refractivity contribution in [3.63, 3.8) is 0 Å². The number of hydrogen-bond donors (Lipinski definition) is 1. The minimum Gasteiger partial charge on any atom is -0.376 e. The van der Waals surface area contributed by atoms with E-state index >= 15 is 0 Å². The summed E-state index contributed by atoms with van der Waals surface area (Å²) < 4.78 is 0. The van der Waals surface area contributed by atoms with Crippen molar-refractivity contribution in [3.05, 3.63) is 13.8 Å². The molecule has 0 unspecified atom stereocenters. The topological polar surface area (TPSA) is 12.0 Å². The van der Waals surface area contributed by atoms with Crippen molar-refractivity contribution in [2.45, 2.75) is 0 Å². The molecule has 0 aliphatic rings. The molecule has 0 aliphatic carbocycles. The monoisotopic (exact) mass is 255 g/mol. The van der Waals surface area contributed by atoms with Gasteiger partial charge in [-0.1, -0.05) is 0 Å². The smallest absolute Gasteiger partial charge is 0.376 e. The summed E-state index contributed by atoms with van der Waals surface area (Å²) in [6, 6.07) is 0. The van der Waals surface area contributed by atoms with E-state index in [1.165, 1.54) is 0 Å². The predicted molar refractivity (Wildman–Crippen MR) is 23.6 cm³/mol. The van der Waals surface area contributed by atoms with Gasteiger partial charge in [0.1, 0.15) is 0 Å². The van der Waals surface area contributed by atoms with Crippen LogP contribution in [0.3, 0.4) is 0 Å². The van der Waals surface area contributed by atoms with Gasteiger partial charge in [-0.05, 0) is 0 Å². The Balaban J connectivity index is 0. The molecule has 6 heavy (non-hydrogen) atoms. The van der Waals surface area contributed by atoms with Crippen molar-refractivity contribution in [1.29, 1.82) is 0 Å². The van der Waals surface area contributed by atoms with Crippen LogP contribution in [-0.2, 0) is 21.1 Å². The summed E-state index contributed by atoms with van der Waals surface area (Å²) in [5.74, 6) is 0. The average molecular weight is 255 g/mol. The summed E-state index contributed by atoms with van der Waals surface area (Å²) in [4.78, 5) is 0. The zero-order chi connectivity index (χ0) is 4.12. The molecule has 0 heterocycles. The molecule has 0 atom stereocenters. The molecule has 0 spiro atoms. The van der Waals surface area contributed by atoms with Crippen molar-refractivity contribution in [2.75, 3.05) is 13.1 Å². The minimum absolute atomic E-state index is 0. The molecule has 0 aromatic carbocycles. The molecular weight excluding hydrogens is 246 g/mol. The van der Waals surface area contributed by atoms with Crippen LogP contribution < -0.4 is 5.32 Å². The SMILES string of the molecule is [CH2-]CNC[CH2-].[W+2]. The second kappa shape index (κ2) is 9.17. The van der Waals surface area contributed by atoms with Gasteiger partial charge < -0.3 is 19.2 Å². The maximum absolute atomic E-state index is 3.52. The van der Waals surface area contributed by atoms with Gasteiger partial charge in [0.15, 0.2) is 0 Å². The van der Waals surface area contributed by atoms with Crippen molar-refractivity contribution >= 4 is 0 Å². The van der Waals surface area contributed by atoms with Crippen LogP contribution in [0.1, 0.15) is 0 Å². The average Bonchev–Trinajstić information content (AvgIpc) is 1.41. The van der Waals surface area contributed by atoms with E-state index in [2.05, 4.69) is 19.2 Å². The molecule has 2 heteroatoms. The largest absolute Gasteiger partial charge is 2.00 e. The molecular formula is C4H9NW. The molecule has 0 aliphatic heterocycles. The van der Waals surface area contributed by atoms with E-state index in [1.807, 2.05) is 0 Å². The minimum atomic E-state index is 0. The Bertz CT molecular complexity index is 15.0. The normalized spacial score (nSPS) is 7.00. The van der Waals surface area contributed by atoms with Crippen LogP contribution in [0.2, 0.25) is 0 Å². The molecule has 0 saturated carbocycles. The van der Waals surface area contributed by atoms with Crippen LogP contribution in [0.15, 0.2) is 0 Å². The van der Waals surface area contributed by atoms with Gasteiger partial charge in [-0.25, -0.2) is 0 Å². The Labute approximate surface area is 53.8 Å². The summed E-state index contributed by atoms with van der Waals surface area (Å²) >= 11 is 0. The number of nitrogens with one attached hydrogen (secondary N) is 1. The molecule has 0 amide bonds. The third-order valence-corrected chi connectivity index (χ3v) is 0.354. The Hall–Kier alpha value is 0.648. The third-order valence-electron chi connectivity index (χ3n) is 0.354. The van der Waals surface area contributed by atoms with E-state index in [0.29, 0.717) is 0 Å². The van der Waals surface area contributed by atoms with Gasteiger partial charge in [0, 0.05) is 0 Å². The van der Waals surface area contributed by atoms with Crippen LogP contribution in [-0.4, -0.2) is 13.1 Å². The first-order valence-corrected chi connectivity index (χ1v) is 1.71. The molecule has 0 bridgehead atoms. The van der Waals surface area contributed by atoms with Crippen LogP contribution in [0.5, 0.6) is 0 Å². The van der Waals surface area contributed by atoms with Crippen LogP contribution in [0, 0.1) is 13.8 Å². The van der Waals surface area contributed by atoms with Crippen LogP contribution in [0.25, 0.3) is 0 Å². The van der Waals surface area contributed by atoms with Gasteiger partial charge >= 0.3 is 21.1 Å². The fraction of sp³-hybridized carbons (Fsp3) is 0.500. The first-order chi connectivity index (χ1) is 2.41. The third kappa shape index (κ3) is 8.82. The molecule has 0 fully saturated rings. The van der Waals surface area contributed by atoms with Gasteiger partial charge in [0.2, 0.25) is 0 Å². The van der Waals surface area contributed by atoms with Crippen molar-refractivity contribution in [1.82, 2.24) is 5.32 Å². The summed E-state index contributed by atoms with van der Waals surface area (Å²) in [5.41, 5.74) is 0. The molecule has 0 saturated heterocycles. The molecule has 1 nitrogen and oxygen atoms in total. The Morgan fingerprint density at radius 1 is 1.17 bits per heavy atom. The summed E-state index contributed by atoms with van der Waals surface area (Å²) in [5, 5.41) is 2.89. The van der Waals surface area contributed by atoms with Gasteiger partial charge in [0.05, 0.1) is 0 Å². The van der Waals surface area contributed by atoms with E-state index in [4.69, 9.17) is 0 Å². The van der Waals surface area contributed by atoms with Gasteiger partial charge in [-0.2, -0.15) is 0 Å². The van der Waals surface area contributed by atoms with Crippen molar-refractivity contribution in [2.24, 2.45) is 0 Å². The van der Waals surface area contributed by atoms with Gasteiger partial charge in [-0.3, -0.25) is 0 Å². The van der Waals surface area contributed by atoms with E-state index in [1.54, 1.807) is 0 Å². The predicted octanol–water partition coefficient (Wildman–Crippen LogP) is 0.242. The maximum atomic E-state index is 3.52. The summed E-state index contributed by atoms with van der Waals surface area (Å²) in [6.07, 6.45) is 0. The van der Waals surface area contributed by atoms with Crippen LogP contribution in [0.4, 0.5) is 0 Å². The molecule has 36 valence electrons. The van der Waals surface area contributed by atoms with Crippen LogP contribution >= 0.6 is 0 Å². The zero-order valence-electron chi connectivity index (χ0n) is 3.74. The Kier molecular flexibility index (Phi) is 15.0. The zero-order valence-corrected chi connectivity index (χ0v) is 6.67. The van der Waals surface area contributed by atoms with Crippen molar-refractivity contribution in [3.8, 4) is 0 Å².